The van der Waals surface area contributed by atoms with Crippen LogP contribution in [0.15, 0.2) is 41.0 Å². The maximum Gasteiger partial charge on any atom is 0.289 e. The lowest BCUT2D eigenvalue weighted by Gasteiger charge is -2.39. The summed E-state index contributed by atoms with van der Waals surface area (Å²) in [5.74, 6) is 2.24. The Labute approximate surface area is 193 Å². The smallest absolute Gasteiger partial charge is 0.289 e. The minimum atomic E-state index is -0.319. The Balaban J connectivity index is 1.70. The molecule has 1 saturated heterocycles. The van der Waals surface area contributed by atoms with E-state index in [2.05, 4.69) is 41.2 Å². The molecule has 0 spiro atoms. The Morgan fingerprint density at radius 3 is 2.42 bits per heavy atom. The van der Waals surface area contributed by atoms with Crippen molar-refractivity contribution in [1.82, 2.24) is 30.0 Å². The van der Waals surface area contributed by atoms with Gasteiger partial charge in [-0.3, -0.25) is 9.69 Å². The second kappa shape index (κ2) is 9.22. The Morgan fingerprint density at radius 1 is 1.06 bits per heavy atom. The summed E-state index contributed by atoms with van der Waals surface area (Å²) in [6.07, 6.45) is 1.51. The van der Waals surface area contributed by atoms with Crippen molar-refractivity contribution in [2.24, 2.45) is 0 Å². The van der Waals surface area contributed by atoms with Crippen LogP contribution in [0.3, 0.4) is 0 Å². The lowest BCUT2D eigenvalue weighted by atomic mass is 10.00. The molecule has 10 nitrogen and oxygen atoms in total. The van der Waals surface area contributed by atoms with Gasteiger partial charge >= 0.3 is 0 Å². The molecule has 0 unspecified atom stereocenters. The van der Waals surface area contributed by atoms with Crippen LogP contribution in [0, 0.1) is 0 Å². The minimum absolute atomic E-state index is 0.102. The van der Waals surface area contributed by atoms with Crippen molar-refractivity contribution in [2.75, 3.05) is 40.4 Å². The van der Waals surface area contributed by atoms with Crippen molar-refractivity contribution < 1.29 is 18.7 Å². The number of nitrogens with zero attached hydrogens (tertiary/aromatic N) is 6. The van der Waals surface area contributed by atoms with Gasteiger partial charge in [-0.05, 0) is 49.4 Å². The zero-order chi connectivity index (χ0) is 23.6. The normalized spacial score (nSPS) is 16.0. The maximum atomic E-state index is 12.7. The molecule has 0 radical (unpaired) electrons. The molecule has 4 rings (SSSR count). The van der Waals surface area contributed by atoms with Crippen LogP contribution in [-0.2, 0) is 5.54 Å². The number of carbonyl (C=O) groups is 1. The largest absolute Gasteiger partial charge is 0.493 e. The highest BCUT2D eigenvalue weighted by Crippen LogP contribution is 2.40. The number of rotatable bonds is 6. The molecular formula is C23H30N6O4. The molecule has 0 saturated carbocycles. The van der Waals surface area contributed by atoms with E-state index in [1.807, 2.05) is 27.8 Å². The first kappa shape index (κ1) is 22.8. The summed E-state index contributed by atoms with van der Waals surface area (Å²) >= 11 is 0. The average molecular weight is 455 g/mol. The summed E-state index contributed by atoms with van der Waals surface area (Å²) in [7, 11) is 3.25. The molecule has 2 aromatic heterocycles. The van der Waals surface area contributed by atoms with Gasteiger partial charge in [-0.15, -0.1) is 5.10 Å². The standard InChI is InChI=1S/C23H30N6O4/c1-23(2,3)29-21(24-25-26-29)19(16-8-6-9-17(31-4)20(16)32-5)27-11-13-28(14-12-27)22(30)18-10-7-15-33-18/h6-10,15,19H,11-14H2,1-5H3/t19-/m0/s1. The number of ether oxygens (including phenoxy) is 2. The van der Waals surface area contributed by atoms with Crippen LogP contribution in [0.1, 0.15) is 48.8 Å². The number of piperazine rings is 1. The Hall–Kier alpha value is -3.40. The number of para-hydroxylation sites is 1. The second-order valence-corrected chi connectivity index (χ2v) is 8.91. The van der Waals surface area contributed by atoms with E-state index >= 15 is 0 Å². The maximum absolute atomic E-state index is 12.7. The van der Waals surface area contributed by atoms with Crippen LogP contribution in [0.4, 0.5) is 0 Å². The summed E-state index contributed by atoms with van der Waals surface area (Å²) in [5.41, 5.74) is 0.586. The summed E-state index contributed by atoms with van der Waals surface area (Å²) in [6.45, 7) is 8.56. The van der Waals surface area contributed by atoms with Gasteiger partial charge in [-0.25, -0.2) is 4.68 Å². The van der Waals surface area contributed by atoms with Gasteiger partial charge in [0.1, 0.15) is 6.04 Å². The second-order valence-electron chi connectivity index (χ2n) is 8.91. The van der Waals surface area contributed by atoms with Crippen molar-refractivity contribution in [3.8, 4) is 11.5 Å². The van der Waals surface area contributed by atoms with Crippen molar-refractivity contribution in [3.05, 3.63) is 53.7 Å². The lowest BCUT2D eigenvalue weighted by Crippen LogP contribution is -2.50. The number of tetrazole rings is 1. The SMILES string of the molecule is COc1cccc([C@@H](c2nnnn2C(C)(C)C)N2CCN(C(=O)c3ccco3)CC2)c1OC. The number of hydrogen-bond acceptors (Lipinski definition) is 8. The quantitative estimate of drug-likeness (QED) is 0.561. The molecular weight excluding hydrogens is 424 g/mol. The third-order valence-electron chi connectivity index (χ3n) is 5.80. The number of carbonyl (C=O) groups excluding carboxylic acids is 1. The van der Waals surface area contributed by atoms with Crippen LogP contribution in [0.5, 0.6) is 11.5 Å². The number of methoxy groups -OCH3 is 2. The topological polar surface area (TPSA) is 98.8 Å². The first-order valence-electron chi connectivity index (χ1n) is 10.9. The minimum Gasteiger partial charge on any atom is -0.493 e. The Kier molecular flexibility index (Phi) is 6.37. The molecule has 176 valence electrons. The van der Waals surface area contributed by atoms with Crippen LogP contribution in [-0.4, -0.2) is 76.3 Å². The molecule has 1 aliphatic rings. The van der Waals surface area contributed by atoms with Crippen LogP contribution >= 0.6 is 0 Å². The molecule has 3 heterocycles. The highest BCUT2D eigenvalue weighted by atomic mass is 16.5. The van der Waals surface area contributed by atoms with E-state index in [0.29, 0.717) is 49.3 Å². The van der Waals surface area contributed by atoms with E-state index in [0.717, 1.165) is 5.56 Å². The first-order valence-corrected chi connectivity index (χ1v) is 10.9. The number of furan rings is 1. The van der Waals surface area contributed by atoms with E-state index in [4.69, 9.17) is 13.9 Å². The molecule has 0 N–H and O–H groups in total. The van der Waals surface area contributed by atoms with Gasteiger partial charge in [-0.1, -0.05) is 12.1 Å². The molecule has 1 fully saturated rings. The molecule has 0 aliphatic carbocycles. The zero-order valence-electron chi connectivity index (χ0n) is 19.7. The predicted molar refractivity (Wildman–Crippen MR) is 120 cm³/mol. The predicted octanol–water partition coefficient (Wildman–Crippen LogP) is 2.59. The van der Waals surface area contributed by atoms with Gasteiger partial charge in [0, 0.05) is 31.7 Å². The molecule has 1 atom stereocenters. The molecule has 0 bridgehead atoms. The first-order chi connectivity index (χ1) is 15.8. The van der Waals surface area contributed by atoms with Crippen LogP contribution in [0.2, 0.25) is 0 Å². The third kappa shape index (κ3) is 4.43. The van der Waals surface area contributed by atoms with Crippen molar-refractivity contribution in [2.45, 2.75) is 32.4 Å². The average Bonchev–Trinajstić information content (AvgIpc) is 3.51. The Bertz CT molecular complexity index is 1080. The van der Waals surface area contributed by atoms with Gasteiger partial charge in [0.15, 0.2) is 23.1 Å². The van der Waals surface area contributed by atoms with Crippen LogP contribution < -0.4 is 9.47 Å². The highest BCUT2D eigenvalue weighted by Gasteiger charge is 2.36. The van der Waals surface area contributed by atoms with Crippen molar-refractivity contribution in [1.29, 1.82) is 0 Å². The molecule has 1 aliphatic heterocycles. The highest BCUT2D eigenvalue weighted by molar-refractivity contribution is 5.91. The van der Waals surface area contributed by atoms with Gasteiger partial charge in [0.2, 0.25) is 0 Å². The number of benzene rings is 1. The van der Waals surface area contributed by atoms with Crippen molar-refractivity contribution >= 4 is 5.91 Å². The monoisotopic (exact) mass is 454 g/mol. The van der Waals surface area contributed by atoms with E-state index < -0.39 is 0 Å². The van der Waals surface area contributed by atoms with E-state index in [1.165, 1.54) is 6.26 Å². The fourth-order valence-corrected chi connectivity index (χ4v) is 4.21. The number of amides is 1. The van der Waals surface area contributed by atoms with Gasteiger partial charge < -0.3 is 18.8 Å². The molecule has 1 amide bonds. The van der Waals surface area contributed by atoms with Gasteiger partial charge in [0.25, 0.3) is 5.91 Å². The summed E-state index contributed by atoms with van der Waals surface area (Å²) in [6, 6.07) is 8.94. The number of aromatic nitrogens is 4. The molecule has 3 aromatic rings. The summed E-state index contributed by atoms with van der Waals surface area (Å²) in [4.78, 5) is 16.8. The molecule has 33 heavy (non-hydrogen) atoms. The summed E-state index contributed by atoms with van der Waals surface area (Å²) in [5, 5.41) is 12.7. The summed E-state index contributed by atoms with van der Waals surface area (Å²) < 4.78 is 18.5. The van der Waals surface area contributed by atoms with E-state index in [-0.39, 0.29) is 17.5 Å². The van der Waals surface area contributed by atoms with Gasteiger partial charge in [-0.2, -0.15) is 0 Å². The van der Waals surface area contributed by atoms with E-state index in [9.17, 15) is 4.79 Å². The van der Waals surface area contributed by atoms with Gasteiger partial charge in [0.05, 0.1) is 26.0 Å². The van der Waals surface area contributed by atoms with E-state index in [1.54, 1.807) is 26.4 Å². The fourth-order valence-electron chi connectivity index (χ4n) is 4.21. The molecule has 10 heteroatoms. The van der Waals surface area contributed by atoms with Crippen molar-refractivity contribution in [3.63, 3.8) is 0 Å². The fraction of sp³-hybridized carbons (Fsp3) is 0.478. The number of hydrogen-bond donors (Lipinski definition) is 0. The Morgan fingerprint density at radius 2 is 1.82 bits per heavy atom. The molecule has 1 aromatic carbocycles. The van der Waals surface area contributed by atoms with Crippen LogP contribution in [0.25, 0.3) is 0 Å². The third-order valence-corrected chi connectivity index (χ3v) is 5.80. The lowest BCUT2D eigenvalue weighted by molar-refractivity contribution is 0.0554. The zero-order valence-corrected chi connectivity index (χ0v) is 19.7.